The minimum atomic E-state index is -3.27. The predicted octanol–water partition coefficient (Wildman–Crippen LogP) is 1.84. The first-order valence-electron chi connectivity index (χ1n) is 7.67. The summed E-state index contributed by atoms with van der Waals surface area (Å²) in [5.74, 6) is 0.775. The Hall–Kier alpha value is -1.70. The fourth-order valence-electron chi connectivity index (χ4n) is 2.55. The Morgan fingerprint density at radius 3 is 2.83 bits per heavy atom. The van der Waals surface area contributed by atoms with Crippen molar-refractivity contribution in [2.45, 2.75) is 12.8 Å². The molecule has 0 saturated carbocycles. The van der Waals surface area contributed by atoms with Crippen LogP contribution in [0.5, 0.6) is 0 Å². The number of benzene rings is 1. The van der Waals surface area contributed by atoms with Crippen molar-refractivity contribution in [2.24, 2.45) is 5.92 Å². The Kier molecular flexibility index (Phi) is 5.09. The minimum absolute atomic E-state index is 0.101. The summed E-state index contributed by atoms with van der Waals surface area (Å²) in [5.41, 5.74) is 1.64. The summed E-state index contributed by atoms with van der Waals surface area (Å²) in [6.45, 7) is 1.50. The van der Waals surface area contributed by atoms with Crippen LogP contribution in [0, 0.1) is 5.92 Å². The van der Waals surface area contributed by atoms with Crippen molar-refractivity contribution < 1.29 is 17.6 Å². The molecule has 2 aromatic rings. The van der Waals surface area contributed by atoms with E-state index in [1.807, 2.05) is 30.3 Å². The van der Waals surface area contributed by atoms with Crippen molar-refractivity contribution in [3.05, 3.63) is 42.3 Å². The van der Waals surface area contributed by atoms with Gasteiger partial charge in [-0.1, -0.05) is 18.2 Å². The van der Waals surface area contributed by atoms with Gasteiger partial charge in [-0.15, -0.1) is 0 Å². The van der Waals surface area contributed by atoms with E-state index in [9.17, 15) is 8.42 Å². The highest BCUT2D eigenvalue weighted by atomic mass is 32.2. The van der Waals surface area contributed by atoms with Gasteiger partial charge < -0.3 is 9.15 Å². The molecule has 1 aromatic carbocycles. The monoisotopic (exact) mass is 336 g/mol. The fraction of sp³-hybridized carbons (Fsp3) is 0.438. The number of hydrogen-bond donors (Lipinski definition) is 1. The van der Waals surface area contributed by atoms with Gasteiger partial charge in [0.1, 0.15) is 6.26 Å². The van der Waals surface area contributed by atoms with Crippen LogP contribution >= 0.6 is 0 Å². The first-order chi connectivity index (χ1) is 11.1. The molecule has 124 valence electrons. The van der Waals surface area contributed by atoms with E-state index >= 15 is 0 Å². The number of nitrogens with zero attached hydrogens (tertiary/aromatic N) is 1. The topological polar surface area (TPSA) is 81.4 Å². The summed E-state index contributed by atoms with van der Waals surface area (Å²) >= 11 is 0. The summed E-state index contributed by atoms with van der Waals surface area (Å²) in [6, 6.07) is 9.60. The Morgan fingerprint density at radius 2 is 2.09 bits per heavy atom. The van der Waals surface area contributed by atoms with Crippen molar-refractivity contribution in [2.75, 3.05) is 25.5 Å². The van der Waals surface area contributed by atoms with Crippen LogP contribution in [0.25, 0.3) is 11.5 Å². The molecule has 1 aromatic heterocycles. The van der Waals surface area contributed by atoms with Crippen LogP contribution in [-0.2, 0) is 21.2 Å². The van der Waals surface area contributed by atoms with Crippen molar-refractivity contribution >= 4 is 10.0 Å². The highest BCUT2D eigenvalue weighted by molar-refractivity contribution is 7.89. The van der Waals surface area contributed by atoms with Crippen LogP contribution in [-0.4, -0.2) is 38.9 Å². The van der Waals surface area contributed by atoms with Gasteiger partial charge in [0, 0.05) is 25.1 Å². The molecule has 1 saturated heterocycles. The van der Waals surface area contributed by atoms with Crippen LogP contribution in [0.2, 0.25) is 0 Å². The smallest absolute Gasteiger partial charge is 0.226 e. The van der Waals surface area contributed by atoms with E-state index in [0.717, 1.165) is 17.7 Å². The fourth-order valence-corrected chi connectivity index (χ4v) is 3.97. The molecule has 6 nitrogen and oxygen atoms in total. The summed E-state index contributed by atoms with van der Waals surface area (Å²) in [7, 11) is -3.27. The number of sulfonamides is 1. The standard InChI is InChI=1S/C16H20N2O4S/c19-23(20,12-13-7-9-21-10-13)17-8-6-15-11-22-16(18-15)14-4-2-1-3-5-14/h1-5,11,13,17H,6-10,12H2. The van der Waals surface area contributed by atoms with E-state index in [1.54, 1.807) is 6.26 Å². The molecular formula is C16H20N2O4S. The molecular weight excluding hydrogens is 316 g/mol. The zero-order valence-electron chi connectivity index (χ0n) is 12.8. The number of nitrogens with one attached hydrogen (secondary N) is 1. The van der Waals surface area contributed by atoms with Crippen molar-refractivity contribution in [3.8, 4) is 11.5 Å². The Labute approximate surface area is 135 Å². The van der Waals surface area contributed by atoms with Gasteiger partial charge in [0.05, 0.1) is 18.1 Å². The van der Waals surface area contributed by atoms with E-state index < -0.39 is 10.0 Å². The summed E-state index contributed by atoms with van der Waals surface area (Å²) < 4.78 is 37.2. The summed E-state index contributed by atoms with van der Waals surface area (Å²) in [4.78, 5) is 4.38. The Morgan fingerprint density at radius 1 is 1.26 bits per heavy atom. The van der Waals surface area contributed by atoms with Crippen molar-refractivity contribution in [1.82, 2.24) is 9.71 Å². The van der Waals surface area contributed by atoms with Gasteiger partial charge in [0.15, 0.2) is 0 Å². The number of hydrogen-bond acceptors (Lipinski definition) is 5. The molecule has 0 radical (unpaired) electrons. The molecule has 1 aliphatic heterocycles. The highest BCUT2D eigenvalue weighted by Crippen LogP contribution is 2.18. The normalized spacial score (nSPS) is 18.3. The number of oxazole rings is 1. The average Bonchev–Trinajstić information content (AvgIpc) is 3.19. The lowest BCUT2D eigenvalue weighted by Crippen LogP contribution is -2.31. The third kappa shape index (κ3) is 4.63. The molecule has 1 unspecified atom stereocenters. The van der Waals surface area contributed by atoms with Gasteiger partial charge in [-0.05, 0) is 24.5 Å². The number of rotatable bonds is 7. The lowest BCUT2D eigenvalue weighted by molar-refractivity contribution is 0.188. The molecule has 0 amide bonds. The van der Waals surface area contributed by atoms with E-state index in [-0.39, 0.29) is 11.7 Å². The lowest BCUT2D eigenvalue weighted by atomic mass is 10.2. The van der Waals surface area contributed by atoms with E-state index in [0.29, 0.717) is 32.1 Å². The summed E-state index contributed by atoms with van der Waals surface area (Å²) in [6.07, 6.45) is 2.88. The second-order valence-electron chi connectivity index (χ2n) is 5.67. The second-order valence-corrected chi connectivity index (χ2v) is 7.52. The van der Waals surface area contributed by atoms with Gasteiger partial charge in [-0.3, -0.25) is 0 Å². The number of aromatic nitrogens is 1. The average molecular weight is 336 g/mol. The van der Waals surface area contributed by atoms with Gasteiger partial charge in [-0.2, -0.15) is 0 Å². The first-order valence-corrected chi connectivity index (χ1v) is 9.32. The van der Waals surface area contributed by atoms with Gasteiger partial charge in [-0.25, -0.2) is 18.1 Å². The molecule has 0 aliphatic carbocycles. The van der Waals surface area contributed by atoms with Crippen molar-refractivity contribution in [3.63, 3.8) is 0 Å². The Balaban J connectivity index is 1.50. The van der Waals surface area contributed by atoms with Crippen LogP contribution in [0.3, 0.4) is 0 Å². The van der Waals surface area contributed by atoms with Crippen LogP contribution < -0.4 is 4.72 Å². The molecule has 1 aliphatic rings. The van der Waals surface area contributed by atoms with Gasteiger partial charge in [0.25, 0.3) is 0 Å². The molecule has 1 N–H and O–H groups in total. The molecule has 1 fully saturated rings. The first kappa shape index (κ1) is 16.2. The lowest BCUT2D eigenvalue weighted by Gasteiger charge is -2.09. The van der Waals surface area contributed by atoms with Crippen LogP contribution in [0.1, 0.15) is 12.1 Å². The second kappa shape index (κ2) is 7.25. The molecule has 23 heavy (non-hydrogen) atoms. The zero-order chi connectivity index (χ0) is 16.1. The van der Waals surface area contributed by atoms with Crippen molar-refractivity contribution in [1.29, 1.82) is 0 Å². The molecule has 2 heterocycles. The molecule has 1 atom stereocenters. The SMILES string of the molecule is O=S(=O)(CC1CCOC1)NCCc1coc(-c2ccccc2)n1. The molecule has 0 spiro atoms. The molecule has 3 rings (SSSR count). The molecule has 7 heteroatoms. The summed E-state index contributed by atoms with van der Waals surface area (Å²) in [5, 5.41) is 0. The van der Waals surface area contributed by atoms with E-state index in [4.69, 9.17) is 9.15 Å². The maximum absolute atomic E-state index is 12.0. The quantitative estimate of drug-likeness (QED) is 0.834. The predicted molar refractivity (Wildman–Crippen MR) is 86.4 cm³/mol. The molecule has 0 bridgehead atoms. The Bertz CT molecular complexity index is 722. The van der Waals surface area contributed by atoms with E-state index in [2.05, 4.69) is 9.71 Å². The van der Waals surface area contributed by atoms with Gasteiger partial charge >= 0.3 is 0 Å². The van der Waals surface area contributed by atoms with E-state index in [1.165, 1.54) is 0 Å². The maximum Gasteiger partial charge on any atom is 0.226 e. The van der Waals surface area contributed by atoms with Gasteiger partial charge in [0.2, 0.25) is 15.9 Å². The zero-order valence-corrected chi connectivity index (χ0v) is 13.6. The van der Waals surface area contributed by atoms with Crippen LogP contribution in [0.15, 0.2) is 41.0 Å². The third-order valence-electron chi connectivity index (χ3n) is 3.75. The number of ether oxygens (including phenoxy) is 1. The van der Waals surface area contributed by atoms with Crippen LogP contribution in [0.4, 0.5) is 0 Å². The maximum atomic E-state index is 12.0. The third-order valence-corrected chi connectivity index (χ3v) is 5.31. The highest BCUT2D eigenvalue weighted by Gasteiger charge is 2.22. The largest absolute Gasteiger partial charge is 0.444 e. The minimum Gasteiger partial charge on any atom is -0.444 e.